The molecule has 1 N–H and O–H groups in total. The Morgan fingerprint density at radius 2 is 2.13 bits per heavy atom. The zero-order valence-corrected chi connectivity index (χ0v) is 9.11. The van der Waals surface area contributed by atoms with Gasteiger partial charge in [0, 0.05) is 33.3 Å². The highest BCUT2D eigenvalue weighted by molar-refractivity contribution is 4.60. The number of nitrogens with one attached hydrogen (secondary N) is 1. The average Bonchev–Trinajstić information content (AvgIpc) is 2.29. The first-order valence-corrected chi connectivity index (χ1v) is 5.18. The van der Waals surface area contributed by atoms with Gasteiger partial charge < -0.3 is 14.8 Å². The highest BCUT2D eigenvalue weighted by Crippen LogP contribution is 2.01. The molecule has 1 heterocycles. The van der Waals surface area contributed by atoms with Crippen LogP contribution in [0.5, 0.6) is 0 Å². The number of hydrogen-bond acceptors (Lipinski definition) is 5. The molecule has 0 aromatic carbocycles. The van der Waals surface area contributed by atoms with Crippen molar-refractivity contribution in [1.29, 1.82) is 0 Å². The molecule has 0 aromatic heterocycles. The molecule has 0 bridgehead atoms. The number of ether oxygens (including phenoxy) is 2. The van der Waals surface area contributed by atoms with Gasteiger partial charge in [0.05, 0.1) is 13.2 Å². The molecule has 0 spiro atoms. The molecule has 1 fully saturated rings. The average molecular weight is 219 g/mol. The predicted octanol–water partition coefficient (Wildman–Crippen LogP) is -0.757. The van der Waals surface area contributed by atoms with Crippen molar-refractivity contribution in [2.24, 2.45) is 0 Å². The predicted molar refractivity (Wildman–Crippen MR) is 52.7 cm³/mol. The minimum absolute atomic E-state index is 0.199. The molecule has 0 aromatic rings. The number of rotatable bonds is 7. The first kappa shape index (κ1) is 12.8. The van der Waals surface area contributed by atoms with Crippen LogP contribution >= 0.6 is 0 Å². The molecular weight excluding hydrogens is 200 g/mol. The third kappa shape index (κ3) is 5.41. The number of nitrogens with zero attached hydrogens (tertiary/aromatic N) is 1. The van der Waals surface area contributed by atoms with Crippen molar-refractivity contribution in [3.8, 4) is 0 Å². The van der Waals surface area contributed by atoms with Gasteiger partial charge in [0.15, 0.2) is 0 Å². The van der Waals surface area contributed by atoms with Crippen molar-refractivity contribution in [2.45, 2.75) is 6.29 Å². The Morgan fingerprint density at radius 1 is 1.40 bits per heavy atom. The first-order chi connectivity index (χ1) is 7.36. The van der Waals surface area contributed by atoms with Crippen LogP contribution in [0.1, 0.15) is 0 Å². The quantitative estimate of drug-likeness (QED) is 0.450. The highest BCUT2D eigenvalue weighted by Gasteiger charge is 2.16. The molecule has 0 amide bonds. The standard InChI is InChI=1S/C9H19N2O4/c1-13-9(8-14-7-6-12)15-11-4-2-10-3-5-11/h9-10H,2-8H2,1H3. The van der Waals surface area contributed by atoms with Crippen LogP contribution in [0.25, 0.3) is 0 Å². The van der Waals surface area contributed by atoms with Crippen LogP contribution in [0, 0.1) is 0 Å². The third-order valence-electron chi connectivity index (χ3n) is 2.09. The maximum atomic E-state index is 10.2. The van der Waals surface area contributed by atoms with Gasteiger partial charge in [0.2, 0.25) is 6.29 Å². The van der Waals surface area contributed by atoms with E-state index in [1.807, 2.05) is 5.06 Å². The smallest absolute Gasteiger partial charge is 0.200 e. The fraction of sp³-hybridized carbons (Fsp3) is 1.00. The topological polar surface area (TPSA) is 62.9 Å². The lowest BCUT2D eigenvalue weighted by Gasteiger charge is -2.29. The second-order valence-corrected chi connectivity index (χ2v) is 3.23. The number of methoxy groups -OCH3 is 1. The van der Waals surface area contributed by atoms with Gasteiger partial charge in [-0.1, -0.05) is 0 Å². The molecule has 6 nitrogen and oxygen atoms in total. The highest BCUT2D eigenvalue weighted by atomic mass is 16.8. The second kappa shape index (κ2) is 7.98. The van der Waals surface area contributed by atoms with Crippen molar-refractivity contribution in [3.63, 3.8) is 0 Å². The van der Waals surface area contributed by atoms with E-state index in [9.17, 15) is 5.11 Å². The number of hydrogen-bond donors (Lipinski definition) is 1. The zero-order valence-electron chi connectivity index (χ0n) is 9.11. The van der Waals surface area contributed by atoms with Crippen molar-refractivity contribution in [2.75, 3.05) is 53.1 Å². The van der Waals surface area contributed by atoms with Crippen LogP contribution in [0.15, 0.2) is 0 Å². The van der Waals surface area contributed by atoms with Crippen LogP contribution in [0.4, 0.5) is 0 Å². The summed E-state index contributed by atoms with van der Waals surface area (Å²) in [6.07, 6.45) is -0.422. The van der Waals surface area contributed by atoms with Gasteiger partial charge in [0.1, 0.15) is 6.61 Å². The SMILES string of the molecule is COC(COCC[O])ON1CCNCC1. The monoisotopic (exact) mass is 219 g/mol. The van der Waals surface area contributed by atoms with Gasteiger partial charge in [0.25, 0.3) is 0 Å². The van der Waals surface area contributed by atoms with E-state index in [1.165, 1.54) is 0 Å². The normalized spacial score (nSPS) is 20.4. The molecular formula is C9H19N2O4. The van der Waals surface area contributed by atoms with E-state index in [0.717, 1.165) is 26.2 Å². The van der Waals surface area contributed by atoms with E-state index in [4.69, 9.17) is 14.3 Å². The summed E-state index contributed by atoms with van der Waals surface area (Å²) in [5.41, 5.74) is 0. The summed E-state index contributed by atoms with van der Waals surface area (Å²) in [5, 5.41) is 15.2. The third-order valence-corrected chi connectivity index (χ3v) is 2.09. The Kier molecular flexibility index (Phi) is 6.82. The van der Waals surface area contributed by atoms with Crippen LogP contribution in [-0.4, -0.2) is 64.5 Å². The number of hydroxylamine groups is 2. The molecule has 0 saturated carbocycles. The lowest BCUT2D eigenvalue weighted by Crippen LogP contribution is -2.46. The molecule has 0 aliphatic carbocycles. The van der Waals surface area contributed by atoms with Crippen LogP contribution in [-0.2, 0) is 19.4 Å². The van der Waals surface area contributed by atoms with Crippen LogP contribution in [0.2, 0.25) is 0 Å². The Balaban J connectivity index is 2.13. The van der Waals surface area contributed by atoms with Gasteiger partial charge in [-0.15, -0.1) is 0 Å². The second-order valence-electron chi connectivity index (χ2n) is 3.23. The van der Waals surface area contributed by atoms with E-state index >= 15 is 0 Å². The van der Waals surface area contributed by atoms with Gasteiger partial charge >= 0.3 is 0 Å². The van der Waals surface area contributed by atoms with Gasteiger partial charge in [-0.05, 0) is 0 Å². The lowest BCUT2D eigenvalue weighted by atomic mass is 10.4. The maximum absolute atomic E-state index is 10.2. The minimum Gasteiger partial charge on any atom is -0.374 e. The summed E-state index contributed by atoms with van der Waals surface area (Å²) in [5.74, 6) is 0. The van der Waals surface area contributed by atoms with Crippen LogP contribution in [0.3, 0.4) is 0 Å². The summed E-state index contributed by atoms with van der Waals surface area (Å²) < 4.78 is 10.2. The van der Waals surface area contributed by atoms with Gasteiger partial charge in [-0.3, -0.25) is 4.84 Å². The molecule has 89 valence electrons. The summed E-state index contributed by atoms with van der Waals surface area (Å²) in [7, 11) is 1.56. The number of piperazine rings is 1. The summed E-state index contributed by atoms with van der Waals surface area (Å²) >= 11 is 0. The van der Waals surface area contributed by atoms with E-state index in [1.54, 1.807) is 7.11 Å². The summed E-state index contributed by atoms with van der Waals surface area (Å²) in [4.78, 5) is 5.53. The van der Waals surface area contributed by atoms with Gasteiger partial charge in [-0.25, -0.2) is 5.11 Å². The fourth-order valence-electron chi connectivity index (χ4n) is 1.30. The summed E-state index contributed by atoms with van der Waals surface area (Å²) in [6.45, 7) is 3.76. The Morgan fingerprint density at radius 3 is 2.73 bits per heavy atom. The molecule has 6 heteroatoms. The van der Waals surface area contributed by atoms with E-state index in [0.29, 0.717) is 6.61 Å². The van der Waals surface area contributed by atoms with Crippen molar-refractivity contribution in [1.82, 2.24) is 10.4 Å². The summed E-state index contributed by atoms with van der Waals surface area (Å²) in [6, 6.07) is 0. The van der Waals surface area contributed by atoms with Crippen LogP contribution < -0.4 is 5.32 Å². The fourth-order valence-corrected chi connectivity index (χ4v) is 1.30. The van der Waals surface area contributed by atoms with Crippen molar-refractivity contribution < 1.29 is 19.4 Å². The molecule has 15 heavy (non-hydrogen) atoms. The largest absolute Gasteiger partial charge is 0.374 e. The van der Waals surface area contributed by atoms with E-state index in [2.05, 4.69) is 5.32 Å². The molecule has 1 aliphatic rings. The van der Waals surface area contributed by atoms with Crippen molar-refractivity contribution >= 4 is 0 Å². The molecule has 1 atom stereocenters. The Labute approximate surface area is 90.1 Å². The molecule has 1 radical (unpaired) electrons. The minimum atomic E-state index is -0.422. The van der Waals surface area contributed by atoms with E-state index in [-0.39, 0.29) is 13.2 Å². The Bertz CT molecular complexity index is 153. The Hall–Kier alpha value is -0.240. The lowest BCUT2D eigenvalue weighted by molar-refractivity contribution is -0.288. The zero-order chi connectivity index (χ0) is 10.9. The molecule has 1 rings (SSSR count). The van der Waals surface area contributed by atoms with Gasteiger partial charge in [-0.2, -0.15) is 5.06 Å². The molecule has 1 saturated heterocycles. The van der Waals surface area contributed by atoms with E-state index < -0.39 is 6.29 Å². The maximum Gasteiger partial charge on any atom is 0.200 e. The molecule has 1 unspecified atom stereocenters. The first-order valence-electron chi connectivity index (χ1n) is 5.18. The molecule has 1 aliphatic heterocycles. The van der Waals surface area contributed by atoms with Crippen molar-refractivity contribution in [3.05, 3.63) is 0 Å².